The van der Waals surface area contributed by atoms with Crippen LogP contribution < -0.4 is 10.1 Å². The van der Waals surface area contributed by atoms with E-state index in [9.17, 15) is 9.59 Å². The zero-order chi connectivity index (χ0) is 20.0. The molecule has 0 radical (unpaired) electrons. The van der Waals surface area contributed by atoms with E-state index >= 15 is 0 Å². The van der Waals surface area contributed by atoms with E-state index in [4.69, 9.17) is 9.47 Å². The number of benzene rings is 2. The number of hydrogen-bond acceptors (Lipinski definition) is 4. The number of carbonyl (C=O) groups is 2. The molecule has 5 nitrogen and oxygen atoms in total. The molecule has 2 rings (SSSR count). The van der Waals surface area contributed by atoms with Gasteiger partial charge >= 0.3 is 5.97 Å². The molecule has 1 N–H and O–H groups in total. The summed E-state index contributed by atoms with van der Waals surface area (Å²) >= 11 is 0. The van der Waals surface area contributed by atoms with E-state index in [1.807, 2.05) is 19.1 Å². The number of anilines is 1. The summed E-state index contributed by atoms with van der Waals surface area (Å²) in [6.07, 6.45) is 0. The highest BCUT2D eigenvalue weighted by Crippen LogP contribution is 2.32. The van der Waals surface area contributed by atoms with Gasteiger partial charge in [-0.2, -0.15) is 0 Å². The van der Waals surface area contributed by atoms with Gasteiger partial charge in [-0.25, -0.2) is 4.79 Å². The first-order valence-electron chi connectivity index (χ1n) is 9.01. The molecule has 2 aromatic rings. The van der Waals surface area contributed by atoms with Gasteiger partial charge in [0, 0.05) is 5.69 Å². The van der Waals surface area contributed by atoms with Crippen LogP contribution in [0.1, 0.15) is 49.2 Å². The highest BCUT2D eigenvalue weighted by Gasteiger charge is 2.19. The number of carbonyl (C=O) groups excluding carboxylic acids is 2. The Bertz CT molecular complexity index is 804. The fourth-order valence-corrected chi connectivity index (χ4v) is 2.60. The third kappa shape index (κ3) is 5.84. The maximum Gasteiger partial charge on any atom is 0.338 e. The van der Waals surface area contributed by atoms with Crippen molar-refractivity contribution < 1.29 is 19.1 Å². The molecule has 0 atom stereocenters. The monoisotopic (exact) mass is 369 g/mol. The summed E-state index contributed by atoms with van der Waals surface area (Å²) in [5, 5.41) is 2.76. The Hall–Kier alpha value is -2.82. The maximum absolute atomic E-state index is 12.2. The van der Waals surface area contributed by atoms with Crippen molar-refractivity contribution in [2.24, 2.45) is 0 Å². The average molecular weight is 369 g/mol. The molecule has 0 saturated carbocycles. The van der Waals surface area contributed by atoms with Crippen LogP contribution >= 0.6 is 0 Å². The predicted molar refractivity (Wildman–Crippen MR) is 106 cm³/mol. The molecule has 2 aromatic carbocycles. The van der Waals surface area contributed by atoms with Gasteiger partial charge in [-0.3, -0.25) is 4.79 Å². The SMILES string of the molecule is CCOC(=O)c1ccc(NC(=O)COc2ccc(C)cc2C(C)(C)C)cc1. The first kappa shape index (κ1) is 20.5. The van der Waals surface area contributed by atoms with Crippen molar-refractivity contribution in [2.45, 2.75) is 40.0 Å². The number of amides is 1. The first-order chi connectivity index (χ1) is 12.7. The lowest BCUT2D eigenvalue weighted by atomic mass is 9.85. The summed E-state index contributed by atoms with van der Waals surface area (Å²) < 4.78 is 10.7. The second-order valence-corrected chi connectivity index (χ2v) is 7.38. The summed E-state index contributed by atoms with van der Waals surface area (Å²) in [6, 6.07) is 12.5. The van der Waals surface area contributed by atoms with Crippen LogP contribution in [0.15, 0.2) is 42.5 Å². The molecule has 144 valence electrons. The van der Waals surface area contributed by atoms with Crippen molar-refractivity contribution in [3.8, 4) is 5.75 Å². The lowest BCUT2D eigenvalue weighted by molar-refractivity contribution is -0.118. The Morgan fingerprint density at radius 1 is 1.04 bits per heavy atom. The molecule has 0 aromatic heterocycles. The minimum Gasteiger partial charge on any atom is -0.483 e. The number of rotatable bonds is 6. The molecule has 0 aliphatic rings. The number of aryl methyl sites for hydroxylation is 1. The lowest BCUT2D eigenvalue weighted by Gasteiger charge is -2.23. The van der Waals surface area contributed by atoms with Gasteiger partial charge < -0.3 is 14.8 Å². The third-order valence-corrected chi connectivity index (χ3v) is 3.98. The molecule has 5 heteroatoms. The fourth-order valence-electron chi connectivity index (χ4n) is 2.60. The van der Waals surface area contributed by atoms with Crippen molar-refractivity contribution >= 4 is 17.6 Å². The van der Waals surface area contributed by atoms with Crippen molar-refractivity contribution in [1.29, 1.82) is 0 Å². The largest absolute Gasteiger partial charge is 0.483 e. The smallest absolute Gasteiger partial charge is 0.338 e. The zero-order valence-corrected chi connectivity index (χ0v) is 16.6. The molecule has 0 aliphatic carbocycles. The summed E-state index contributed by atoms with van der Waals surface area (Å²) in [4.78, 5) is 23.9. The van der Waals surface area contributed by atoms with E-state index < -0.39 is 0 Å². The molecular weight excluding hydrogens is 342 g/mol. The first-order valence-corrected chi connectivity index (χ1v) is 9.01. The normalized spacial score (nSPS) is 11.0. The maximum atomic E-state index is 12.2. The minimum absolute atomic E-state index is 0.0826. The van der Waals surface area contributed by atoms with E-state index in [1.54, 1.807) is 31.2 Å². The zero-order valence-electron chi connectivity index (χ0n) is 16.6. The molecule has 0 aliphatic heterocycles. The topological polar surface area (TPSA) is 64.6 Å². The predicted octanol–water partition coefficient (Wildman–Crippen LogP) is 4.49. The van der Waals surface area contributed by atoms with Gasteiger partial charge in [0.25, 0.3) is 5.91 Å². The van der Waals surface area contributed by atoms with Gasteiger partial charge in [0.1, 0.15) is 5.75 Å². The van der Waals surface area contributed by atoms with Crippen molar-refractivity contribution in [3.63, 3.8) is 0 Å². The minimum atomic E-state index is -0.382. The molecule has 0 heterocycles. The highest BCUT2D eigenvalue weighted by atomic mass is 16.5. The van der Waals surface area contributed by atoms with E-state index in [2.05, 4.69) is 32.2 Å². The van der Waals surface area contributed by atoms with Crippen LogP contribution in [0.4, 0.5) is 5.69 Å². The van der Waals surface area contributed by atoms with Crippen LogP contribution in [0.3, 0.4) is 0 Å². The number of ether oxygens (including phenoxy) is 2. The molecule has 0 fully saturated rings. The van der Waals surface area contributed by atoms with E-state index in [0.29, 0.717) is 23.6 Å². The summed E-state index contributed by atoms with van der Waals surface area (Å²) in [5.41, 5.74) is 3.17. The molecule has 0 saturated heterocycles. The molecule has 0 unspecified atom stereocenters. The molecule has 0 bridgehead atoms. The van der Waals surface area contributed by atoms with Gasteiger partial charge in [-0.1, -0.05) is 38.5 Å². The molecular formula is C22H27NO4. The number of hydrogen-bond donors (Lipinski definition) is 1. The summed E-state index contributed by atoms with van der Waals surface area (Å²) in [6.45, 7) is 10.4. The molecule has 1 amide bonds. The van der Waals surface area contributed by atoms with Crippen LogP contribution in [0.2, 0.25) is 0 Å². The van der Waals surface area contributed by atoms with Gasteiger partial charge in [0.05, 0.1) is 12.2 Å². The van der Waals surface area contributed by atoms with Crippen LogP contribution in [0, 0.1) is 6.92 Å². The quantitative estimate of drug-likeness (QED) is 0.762. The van der Waals surface area contributed by atoms with Gasteiger partial charge in [0.2, 0.25) is 0 Å². The molecule has 27 heavy (non-hydrogen) atoms. The summed E-state index contributed by atoms with van der Waals surface area (Å²) in [5.74, 6) is 0.0630. The van der Waals surface area contributed by atoms with Crippen molar-refractivity contribution in [2.75, 3.05) is 18.5 Å². The second-order valence-electron chi connectivity index (χ2n) is 7.38. The van der Waals surface area contributed by atoms with E-state index in [-0.39, 0.29) is 23.9 Å². The van der Waals surface area contributed by atoms with Gasteiger partial charge in [-0.05, 0) is 55.2 Å². The van der Waals surface area contributed by atoms with Crippen molar-refractivity contribution in [3.05, 3.63) is 59.2 Å². The Morgan fingerprint density at radius 3 is 2.30 bits per heavy atom. The van der Waals surface area contributed by atoms with Crippen molar-refractivity contribution in [1.82, 2.24) is 0 Å². The Labute approximate surface area is 160 Å². The van der Waals surface area contributed by atoms with Crippen LogP contribution in [0.5, 0.6) is 5.75 Å². The Kier molecular flexibility index (Phi) is 6.61. The number of esters is 1. The van der Waals surface area contributed by atoms with Crippen LogP contribution in [0.25, 0.3) is 0 Å². The highest BCUT2D eigenvalue weighted by molar-refractivity contribution is 5.93. The lowest BCUT2D eigenvalue weighted by Crippen LogP contribution is -2.22. The molecule has 0 spiro atoms. The number of nitrogens with one attached hydrogen (secondary N) is 1. The van der Waals surface area contributed by atoms with Crippen LogP contribution in [-0.4, -0.2) is 25.1 Å². The summed E-state index contributed by atoms with van der Waals surface area (Å²) in [7, 11) is 0. The standard InChI is InChI=1S/C22H27NO4/c1-6-26-21(25)16-8-10-17(11-9-16)23-20(24)14-27-19-12-7-15(2)13-18(19)22(3,4)5/h7-13H,6,14H2,1-5H3,(H,23,24). The third-order valence-electron chi connectivity index (χ3n) is 3.98. The fraction of sp³-hybridized carbons (Fsp3) is 0.364. The van der Waals surface area contributed by atoms with E-state index in [1.165, 1.54) is 0 Å². The van der Waals surface area contributed by atoms with E-state index in [0.717, 1.165) is 11.1 Å². The Morgan fingerprint density at radius 2 is 1.70 bits per heavy atom. The second kappa shape index (κ2) is 8.71. The van der Waals surface area contributed by atoms with Crippen LogP contribution in [-0.2, 0) is 14.9 Å². The average Bonchev–Trinajstić information content (AvgIpc) is 2.60. The van der Waals surface area contributed by atoms with Gasteiger partial charge in [0.15, 0.2) is 6.61 Å². The van der Waals surface area contributed by atoms with Gasteiger partial charge in [-0.15, -0.1) is 0 Å². The Balaban J connectivity index is 1.98.